The monoisotopic (exact) mass is 243 g/mol. The van der Waals surface area contributed by atoms with Gasteiger partial charge in [0.1, 0.15) is 5.82 Å². The van der Waals surface area contributed by atoms with E-state index in [-0.39, 0.29) is 11.7 Å². The lowest BCUT2D eigenvalue weighted by molar-refractivity contribution is 0.0951. The molecule has 0 bridgehead atoms. The van der Waals surface area contributed by atoms with Crippen molar-refractivity contribution in [1.82, 2.24) is 5.32 Å². The number of aryl methyl sites for hydroxylation is 1. The number of nitrogens with one attached hydrogen (secondary N) is 1. The second-order valence-electron chi connectivity index (χ2n) is 4.12. The van der Waals surface area contributed by atoms with E-state index in [2.05, 4.69) is 5.32 Å². The lowest BCUT2D eigenvalue weighted by Gasteiger charge is -2.08. The van der Waals surface area contributed by atoms with Crippen LogP contribution in [0.4, 0.5) is 4.39 Å². The minimum absolute atomic E-state index is 0.126. The predicted molar refractivity (Wildman–Crippen MR) is 68.7 cm³/mol. The van der Waals surface area contributed by atoms with Crippen molar-refractivity contribution >= 4 is 5.91 Å². The molecule has 0 heterocycles. The van der Waals surface area contributed by atoms with Crippen molar-refractivity contribution in [3.05, 3.63) is 71.0 Å². The van der Waals surface area contributed by atoms with E-state index in [1.165, 1.54) is 12.1 Å². The van der Waals surface area contributed by atoms with Crippen LogP contribution in [0.25, 0.3) is 0 Å². The van der Waals surface area contributed by atoms with Crippen molar-refractivity contribution in [2.45, 2.75) is 13.5 Å². The summed E-state index contributed by atoms with van der Waals surface area (Å²) in [6.45, 7) is 2.23. The normalized spacial score (nSPS) is 10.1. The lowest BCUT2D eigenvalue weighted by atomic mass is 10.1. The molecule has 0 radical (unpaired) electrons. The Kier molecular flexibility index (Phi) is 3.72. The topological polar surface area (TPSA) is 29.1 Å². The SMILES string of the molecule is Cc1cc(F)ccc1CNC(=O)c1ccccc1. The summed E-state index contributed by atoms with van der Waals surface area (Å²) in [5, 5.41) is 2.81. The first-order valence-corrected chi connectivity index (χ1v) is 5.75. The fourth-order valence-electron chi connectivity index (χ4n) is 1.72. The van der Waals surface area contributed by atoms with E-state index in [4.69, 9.17) is 0 Å². The molecule has 0 aromatic heterocycles. The molecule has 0 aliphatic heterocycles. The molecule has 0 spiro atoms. The quantitative estimate of drug-likeness (QED) is 0.882. The van der Waals surface area contributed by atoms with E-state index in [9.17, 15) is 9.18 Å². The molecule has 0 fully saturated rings. The summed E-state index contributed by atoms with van der Waals surface area (Å²) in [6, 6.07) is 13.6. The van der Waals surface area contributed by atoms with Gasteiger partial charge in [0.2, 0.25) is 0 Å². The Morgan fingerprint density at radius 3 is 2.56 bits per heavy atom. The highest BCUT2D eigenvalue weighted by atomic mass is 19.1. The first kappa shape index (κ1) is 12.3. The third-order valence-corrected chi connectivity index (χ3v) is 2.78. The summed E-state index contributed by atoms with van der Waals surface area (Å²) in [5.74, 6) is -0.384. The van der Waals surface area contributed by atoms with Crippen LogP contribution in [0.15, 0.2) is 48.5 Å². The average Bonchev–Trinajstić information content (AvgIpc) is 2.38. The van der Waals surface area contributed by atoms with Crippen LogP contribution in [0, 0.1) is 12.7 Å². The third-order valence-electron chi connectivity index (χ3n) is 2.78. The van der Waals surface area contributed by atoms with Gasteiger partial charge in [-0.1, -0.05) is 24.3 Å². The third kappa shape index (κ3) is 2.94. The van der Waals surface area contributed by atoms with Gasteiger partial charge >= 0.3 is 0 Å². The van der Waals surface area contributed by atoms with Crippen molar-refractivity contribution < 1.29 is 9.18 Å². The van der Waals surface area contributed by atoms with Gasteiger partial charge in [-0.05, 0) is 42.3 Å². The molecule has 2 aromatic carbocycles. The second-order valence-corrected chi connectivity index (χ2v) is 4.12. The highest BCUT2D eigenvalue weighted by molar-refractivity contribution is 5.94. The molecule has 92 valence electrons. The number of halogens is 1. The molecular weight excluding hydrogens is 229 g/mol. The summed E-state index contributed by atoms with van der Waals surface area (Å²) in [6.07, 6.45) is 0. The van der Waals surface area contributed by atoms with Crippen LogP contribution in [-0.2, 0) is 6.54 Å². The Morgan fingerprint density at radius 1 is 1.17 bits per heavy atom. The first-order chi connectivity index (χ1) is 8.66. The molecule has 1 N–H and O–H groups in total. The van der Waals surface area contributed by atoms with Crippen LogP contribution in [0.2, 0.25) is 0 Å². The van der Waals surface area contributed by atoms with Gasteiger partial charge in [0.25, 0.3) is 5.91 Å². The van der Waals surface area contributed by atoms with Gasteiger partial charge in [-0.3, -0.25) is 4.79 Å². The number of carbonyl (C=O) groups excluding carboxylic acids is 1. The molecule has 0 saturated heterocycles. The van der Waals surface area contributed by atoms with Gasteiger partial charge in [0, 0.05) is 12.1 Å². The molecule has 2 aromatic rings. The number of rotatable bonds is 3. The molecule has 18 heavy (non-hydrogen) atoms. The van der Waals surface area contributed by atoms with Gasteiger partial charge in [-0.25, -0.2) is 4.39 Å². The van der Waals surface area contributed by atoms with Crippen molar-refractivity contribution in [2.24, 2.45) is 0 Å². The minimum atomic E-state index is -0.259. The van der Waals surface area contributed by atoms with Crippen molar-refractivity contribution in [1.29, 1.82) is 0 Å². The Balaban J connectivity index is 2.02. The van der Waals surface area contributed by atoms with Gasteiger partial charge in [0.05, 0.1) is 0 Å². The zero-order chi connectivity index (χ0) is 13.0. The predicted octanol–water partition coefficient (Wildman–Crippen LogP) is 3.06. The Morgan fingerprint density at radius 2 is 1.89 bits per heavy atom. The molecule has 2 nitrogen and oxygen atoms in total. The molecule has 0 atom stereocenters. The van der Waals surface area contributed by atoms with E-state index in [1.54, 1.807) is 18.2 Å². The smallest absolute Gasteiger partial charge is 0.251 e. The summed E-state index contributed by atoms with van der Waals surface area (Å²) in [4.78, 5) is 11.8. The molecule has 0 aliphatic carbocycles. The molecule has 0 saturated carbocycles. The zero-order valence-corrected chi connectivity index (χ0v) is 10.1. The number of benzene rings is 2. The summed E-state index contributed by atoms with van der Waals surface area (Å²) < 4.78 is 12.9. The van der Waals surface area contributed by atoms with Crippen molar-refractivity contribution in [3.63, 3.8) is 0 Å². The van der Waals surface area contributed by atoms with Gasteiger partial charge < -0.3 is 5.32 Å². The molecule has 3 heteroatoms. The van der Waals surface area contributed by atoms with Crippen LogP contribution in [0.5, 0.6) is 0 Å². The Bertz CT molecular complexity index is 552. The molecule has 0 unspecified atom stereocenters. The number of hydrogen-bond acceptors (Lipinski definition) is 1. The Labute approximate surface area is 105 Å². The van der Waals surface area contributed by atoms with Gasteiger partial charge in [0.15, 0.2) is 0 Å². The minimum Gasteiger partial charge on any atom is -0.348 e. The molecular formula is C15H14FNO. The van der Waals surface area contributed by atoms with Crippen LogP contribution in [-0.4, -0.2) is 5.91 Å². The fraction of sp³-hybridized carbons (Fsp3) is 0.133. The van der Waals surface area contributed by atoms with E-state index in [0.717, 1.165) is 11.1 Å². The van der Waals surface area contributed by atoms with Crippen LogP contribution in [0.1, 0.15) is 21.5 Å². The standard InChI is InChI=1S/C15H14FNO/c1-11-9-14(16)8-7-13(11)10-17-15(18)12-5-3-2-4-6-12/h2-9H,10H2,1H3,(H,17,18). The molecule has 1 amide bonds. The maximum Gasteiger partial charge on any atom is 0.251 e. The van der Waals surface area contributed by atoms with Crippen LogP contribution >= 0.6 is 0 Å². The van der Waals surface area contributed by atoms with Crippen molar-refractivity contribution in [3.8, 4) is 0 Å². The lowest BCUT2D eigenvalue weighted by Crippen LogP contribution is -2.23. The van der Waals surface area contributed by atoms with E-state index >= 15 is 0 Å². The van der Waals surface area contributed by atoms with E-state index in [1.807, 2.05) is 25.1 Å². The number of carbonyl (C=O) groups is 1. The van der Waals surface area contributed by atoms with Gasteiger partial charge in [-0.2, -0.15) is 0 Å². The largest absolute Gasteiger partial charge is 0.348 e. The number of amides is 1. The van der Waals surface area contributed by atoms with Crippen LogP contribution in [0.3, 0.4) is 0 Å². The van der Waals surface area contributed by atoms with E-state index in [0.29, 0.717) is 12.1 Å². The Hall–Kier alpha value is -2.16. The summed E-state index contributed by atoms with van der Waals surface area (Å²) >= 11 is 0. The van der Waals surface area contributed by atoms with Crippen LogP contribution < -0.4 is 5.32 Å². The van der Waals surface area contributed by atoms with E-state index < -0.39 is 0 Å². The maximum absolute atomic E-state index is 12.9. The zero-order valence-electron chi connectivity index (χ0n) is 10.1. The highest BCUT2D eigenvalue weighted by Crippen LogP contribution is 2.10. The molecule has 0 aliphatic rings. The fourth-order valence-corrected chi connectivity index (χ4v) is 1.72. The second kappa shape index (κ2) is 5.45. The first-order valence-electron chi connectivity index (χ1n) is 5.75. The summed E-state index contributed by atoms with van der Waals surface area (Å²) in [5.41, 5.74) is 2.38. The average molecular weight is 243 g/mol. The number of hydrogen-bond donors (Lipinski definition) is 1. The highest BCUT2D eigenvalue weighted by Gasteiger charge is 2.05. The van der Waals surface area contributed by atoms with Gasteiger partial charge in [-0.15, -0.1) is 0 Å². The van der Waals surface area contributed by atoms with Crippen molar-refractivity contribution in [2.75, 3.05) is 0 Å². The maximum atomic E-state index is 12.9. The summed E-state index contributed by atoms with van der Waals surface area (Å²) in [7, 11) is 0. The molecule has 2 rings (SSSR count).